The first kappa shape index (κ1) is 21.2. The van der Waals surface area contributed by atoms with Gasteiger partial charge >= 0.3 is 0 Å². The summed E-state index contributed by atoms with van der Waals surface area (Å²) < 4.78 is 7.84. The molecule has 0 saturated heterocycles. The zero-order valence-electron chi connectivity index (χ0n) is 16.6. The number of carbonyl (C=O) groups is 1. The van der Waals surface area contributed by atoms with Crippen molar-refractivity contribution >= 4 is 35.0 Å². The van der Waals surface area contributed by atoms with Crippen molar-refractivity contribution in [2.75, 3.05) is 11.1 Å². The number of hydrogen-bond donors (Lipinski definition) is 1. The van der Waals surface area contributed by atoms with Crippen LogP contribution in [0.2, 0.25) is 5.02 Å². The average molecular weight is 431 g/mol. The third-order valence-corrected chi connectivity index (χ3v) is 5.57. The third kappa shape index (κ3) is 5.74. The molecule has 3 rings (SSSR count). The number of ether oxygens (including phenoxy) is 1. The van der Waals surface area contributed by atoms with E-state index >= 15 is 0 Å². The molecule has 0 bridgehead atoms. The van der Waals surface area contributed by atoms with Gasteiger partial charge in [0.25, 0.3) is 0 Å². The summed E-state index contributed by atoms with van der Waals surface area (Å²) in [6.07, 6.45) is 0.722. The van der Waals surface area contributed by atoms with Crippen molar-refractivity contribution in [1.29, 1.82) is 0 Å². The molecule has 0 spiro atoms. The average Bonchev–Trinajstić information content (AvgIpc) is 3.07. The number of halogens is 1. The molecule has 1 atom stereocenters. The van der Waals surface area contributed by atoms with Crippen molar-refractivity contribution in [3.63, 3.8) is 0 Å². The van der Waals surface area contributed by atoms with Gasteiger partial charge in [-0.05, 0) is 49.2 Å². The molecule has 0 aliphatic heterocycles. The maximum Gasteiger partial charge on any atom is 0.234 e. The molecule has 3 aromatic rings. The summed E-state index contributed by atoms with van der Waals surface area (Å²) >= 11 is 7.25. The van der Waals surface area contributed by atoms with Crippen molar-refractivity contribution < 1.29 is 9.53 Å². The Balaban J connectivity index is 1.57. The van der Waals surface area contributed by atoms with E-state index in [-0.39, 0.29) is 17.8 Å². The van der Waals surface area contributed by atoms with Gasteiger partial charge in [0, 0.05) is 17.8 Å². The van der Waals surface area contributed by atoms with Gasteiger partial charge in [-0.25, -0.2) is 0 Å². The first-order chi connectivity index (χ1) is 14.0. The van der Waals surface area contributed by atoms with Crippen LogP contribution in [0, 0.1) is 0 Å². The molecule has 152 valence electrons. The van der Waals surface area contributed by atoms with Crippen molar-refractivity contribution in [1.82, 2.24) is 14.8 Å². The predicted octanol–water partition coefficient (Wildman–Crippen LogP) is 4.90. The SMILES string of the molecule is CCc1ccc(O[C@H](C)c2nnc(SCC(=O)Nc3cccc(Cl)c3)n2C)cc1. The molecule has 1 aromatic heterocycles. The van der Waals surface area contributed by atoms with Gasteiger partial charge in [-0.1, -0.05) is 48.5 Å². The summed E-state index contributed by atoms with van der Waals surface area (Å²) in [6.45, 7) is 4.05. The third-order valence-electron chi connectivity index (χ3n) is 4.32. The van der Waals surface area contributed by atoms with Gasteiger partial charge in [0.2, 0.25) is 5.91 Å². The molecule has 0 aliphatic carbocycles. The summed E-state index contributed by atoms with van der Waals surface area (Å²) in [5, 5.41) is 12.5. The Morgan fingerprint density at radius 2 is 2.00 bits per heavy atom. The second-order valence-electron chi connectivity index (χ2n) is 6.50. The van der Waals surface area contributed by atoms with E-state index in [1.807, 2.05) is 30.7 Å². The Labute approximate surface area is 179 Å². The fraction of sp³-hybridized carbons (Fsp3) is 0.286. The Kier molecular flexibility index (Phi) is 7.17. The van der Waals surface area contributed by atoms with E-state index in [2.05, 4.69) is 34.6 Å². The van der Waals surface area contributed by atoms with E-state index < -0.39 is 0 Å². The summed E-state index contributed by atoms with van der Waals surface area (Å²) in [7, 11) is 1.87. The molecule has 6 nitrogen and oxygen atoms in total. The van der Waals surface area contributed by atoms with Gasteiger partial charge in [0.15, 0.2) is 17.1 Å². The van der Waals surface area contributed by atoms with Gasteiger partial charge in [-0.3, -0.25) is 4.79 Å². The number of benzene rings is 2. The van der Waals surface area contributed by atoms with Crippen LogP contribution in [-0.4, -0.2) is 26.4 Å². The first-order valence-corrected chi connectivity index (χ1v) is 10.7. The van der Waals surface area contributed by atoms with E-state index in [4.69, 9.17) is 16.3 Å². The topological polar surface area (TPSA) is 69.0 Å². The minimum Gasteiger partial charge on any atom is -0.483 e. The van der Waals surface area contributed by atoms with Gasteiger partial charge in [-0.2, -0.15) is 0 Å². The van der Waals surface area contributed by atoms with Crippen LogP contribution in [0.25, 0.3) is 0 Å². The maximum absolute atomic E-state index is 12.2. The number of nitrogens with zero attached hydrogens (tertiary/aromatic N) is 3. The predicted molar refractivity (Wildman–Crippen MR) is 117 cm³/mol. The number of rotatable bonds is 8. The minimum absolute atomic E-state index is 0.137. The molecule has 8 heteroatoms. The van der Waals surface area contributed by atoms with Crippen molar-refractivity contribution in [2.24, 2.45) is 7.05 Å². The second kappa shape index (κ2) is 9.80. The largest absolute Gasteiger partial charge is 0.483 e. The highest BCUT2D eigenvalue weighted by Crippen LogP contribution is 2.24. The lowest BCUT2D eigenvalue weighted by Gasteiger charge is -2.14. The van der Waals surface area contributed by atoms with Crippen LogP contribution >= 0.6 is 23.4 Å². The fourth-order valence-electron chi connectivity index (χ4n) is 2.76. The molecule has 0 unspecified atom stereocenters. The summed E-state index contributed by atoms with van der Waals surface area (Å²) in [5.74, 6) is 1.56. The van der Waals surface area contributed by atoms with E-state index in [0.717, 1.165) is 12.2 Å². The molecular formula is C21H23ClN4O2S. The first-order valence-electron chi connectivity index (χ1n) is 9.29. The number of anilines is 1. The van der Waals surface area contributed by atoms with E-state index in [9.17, 15) is 4.79 Å². The number of aromatic nitrogens is 3. The summed E-state index contributed by atoms with van der Waals surface area (Å²) in [5.41, 5.74) is 1.93. The Morgan fingerprint density at radius 1 is 1.24 bits per heavy atom. The smallest absolute Gasteiger partial charge is 0.234 e. The summed E-state index contributed by atoms with van der Waals surface area (Å²) in [6, 6.07) is 15.1. The number of thioether (sulfide) groups is 1. The summed E-state index contributed by atoms with van der Waals surface area (Å²) in [4.78, 5) is 12.2. The molecule has 0 fully saturated rings. The monoisotopic (exact) mass is 430 g/mol. The standard InChI is InChI=1S/C21H23ClN4O2S/c1-4-15-8-10-18(11-9-15)28-14(2)20-24-25-21(26(20)3)29-13-19(27)23-17-7-5-6-16(22)12-17/h5-12,14H,4,13H2,1-3H3,(H,23,27)/t14-/m1/s1. The van der Waals surface area contributed by atoms with Crippen LogP contribution in [0.15, 0.2) is 53.7 Å². The van der Waals surface area contributed by atoms with E-state index in [0.29, 0.717) is 21.7 Å². The number of aryl methyl sites for hydroxylation is 1. The molecule has 1 amide bonds. The zero-order chi connectivity index (χ0) is 20.8. The van der Waals surface area contributed by atoms with Crippen LogP contribution in [0.3, 0.4) is 0 Å². The molecule has 29 heavy (non-hydrogen) atoms. The van der Waals surface area contributed by atoms with E-state index in [1.54, 1.807) is 24.3 Å². The number of carbonyl (C=O) groups excluding carboxylic acids is 1. The van der Waals surface area contributed by atoms with Crippen molar-refractivity contribution in [3.8, 4) is 5.75 Å². The maximum atomic E-state index is 12.2. The van der Waals surface area contributed by atoms with Gasteiger partial charge < -0.3 is 14.6 Å². The van der Waals surface area contributed by atoms with Crippen LogP contribution in [0.4, 0.5) is 5.69 Å². The molecule has 1 heterocycles. The van der Waals surface area contributed by atoms with Crippen molar-refractivity contribution in [2.45, 2.75) is 31.5 Å². The zero-order valence-corrected chi connectivity index (χ0v) is 18.1. The van der Waals surface area contributed by atoms with Gasteiger partial charge in [0.1, 0.15) is 5.75 Å². The molecule has 0 radical (unpaired) electrons. The molecule has 2 aromatic carbocycles. The van der Waals surface area contributed by atoms with Crippen LogP contribution < -0.4 is 10.1 Å². The minimum atomic E-state index is -0.269. The number of hydrogen-bond acceptors (Lipinski definition) is 5. The van der Waals surface area contributed by atoms with Crippen LogP contribution in [0.5, 0.6) is 5.75 Å². The molecule has 1 N–H and O–H groups in total. The van der Waals surface area contributed by atoms with E-state index in [1.165, 1.54) is 17.3 Å². The van der Waals surface area contributed by atoms with Gasteiger partial charge in [0.05, 0.1) is 5.75 Å². The highest BCUT2D eigenvalue weighted by molar-refractivity contribution is 7.99. The highest BCUT2D eigenvalue weighted by atomic mass is 35.5. The lowest BCUT2D eigenvalue weighted by molar-refractivity contribution is -0.113. The molecular weight excluding hydrogens is 408 g/mol. The lowest BCUT2D eigenvalue weighted by atomic mass is 10.2. The highest BCUT2D eigenvalue weighted by Gasteiger charge is 2.18. The van der Waals surface area contributed by atoms with Crippen molar-refractivity contribution in [3.05, 3.63) is 64.9 Å². The second-order valence-corrected chi connectivity index (χ2v) is 7.88. The van der Waals surface area contributed by atoms with Crippen LogP contribution in [-0.2, 0) is 18.3 Å². The normalized spacial score (nSPS) is 11.9. The number of amides is 1. The Morgan fingerprint density at radius 3 is 2.69 bits per heavy atom. The molecule has 0 saturated carbocycles. The van der Waals surface area contributed by atoms with Gasteiger partial charge in [-0.15, -0.1) is 10.2 Å². The fourth-order valence-corrected chi connectivity index (χ4v) is 3.67. The Bertz CT molecular complexity index is 975. The molecule has 0 aliphatic rings. The lowest BCUT2D eigenvalue weighted by Crippen LogP contribution is -2.14. The quantitative estimate of drug-likeness (QED) is 0.514. The number of nitrogens with one attached hydrogen (secondary N) is 1. The van der Waals surface area contributed by atoms with Crippen LogP contribution in [0.1, 0.15) is 31.3 Å². The Hall–Kier alpha value is -2.51.